The minimum absolute atomic E-state index is 0.00221. The highest BCUT2D eigenvalue weighted by Gasteiger charge is 2.61. The number of amidine groups is 1. The number of aromatic nitrogens is 1. The van der Waals surface area contributed by atoms with Crippen molar-refractivity contribution in [1.29, 1.82) is 5.41 Å². The summed E-state index contributed by atoms with van der Waals surface area (Å²) in [5, 5.41) is 27.3. The maximum atomic E-state index is 13.5. The van der Waals surface area contributed by atoms with Gasteiger partial charge in [0.05, 0.1) is 24.8 Å². The molecular weight excluding hydrogens is 504 g/mol. The first kappa shape index (κ1) is 27.7. The van der Waals surface area contributed by atoms with Crippen molar-refractivity contribution in [2.24, 2.45) is 5.73 Å². The molecule has 3 unspecified atom stereocenters. The van der Waals surface area contributed by atoms with Crippen molar-refractivity contribution in [2.45, 2.75) is 24.5 Å². The van der Waals surface area contributed by atoms with Crippen LogP contribution in [0.3, 0.4) is 0 Å². The molecule has 13 heteroatoms. The molecule has 206 valence electrons. The number of hydrogen-bond donors (Lipinski definition) is 6. The van der Waals surface area contributed by atoms with Crippen LogP contribution >= 0.6 is 0 Å². The Hall–Kier alpha value is -4.36. The fraction of sp³-hybridized carbons (Fsp3) is 0.385. The third-order valence-electron chi connectivity index (χ3n) is 7.17. The number of benzene rings is 1. The summed E-state index contributed by atoms with van der Waals surface area (Å²) in [6, 6.07) is 8.60. The Balaban J connectivity index is 1.85. The fourth-order valence-corrected chi connectivity index (χ4v) is 5.28. The van der Waals surface area contributed by atoms with Gasteiger partial charge in [-0.25, -0.2) is 4.79 Å². The van der Waals surface area contributed by atoms with E-state index in [2.05, 4.69) is 20.9 Å². The van der Waals surface area contributed by atoms with E-state index in [1.807, 2.05) is 0 Å². The number of nitrogens with zero attached hydrogens (tertiary/aromatic N) is 3. The van der Waals surface area contributed by atoms with Crippen LogP contribution in [0, 0.1) is 5.41 Å². The zero-order valence-electron chi connectivity index (χ0n) is 21.5. The molecule has 3 amide bonds. The number of carbonyl (C=O) groups excluding carboxylic acids is 3. The molecule has 4 rings (SSSR count). The Morgan fingerprint density at radius 3 is 2.26 bits per heavy atom. The van der Waals surface area contributed by atoms with Gasteiger partial charge in [0, 0.05) is 43.5 Å². The number of nitrogens with one attached hydrogen (secondary N) is 4. The lowest BCUT2D eigenvalue weighted by Gasteiger charge is -2.53. The highest BCUT2D eigenvalue weighted by atomic mass is 16.4. The molecule has 0 radical (unpaired) electrons. The van der Waals surface area contributed by atoms with Gasteiger partial charge in [-0.1, -0.05) is 18.2 Å². The molecule has 1 aromatic heterocycles. The van der Waals surface area contributed by atoms with E-state index in [1.54, 1.807) is 18.2 Å². The molecule has 2 fully saturated rings. The first-order chi connectivity index (χ1) is 18.7. The quantitative estimate of drug-likeness (QED) is 0.171. The lowest BCUT2D eigenvalue weighted by Crippen LogP contribution is -2.75. The SMILES string of the molecule is CC(NC(=O)c1ccc(C(=N)N)cc1)C(C(=O)O)(C(c1ccccn1)N1CCNCC1=O)N1CCNCC1=O. The number of hydrogen-bond acceptors (Lipinski definition) is 8. The summed E-state index contributed by atoms with van der Waals surface area (Å²) in [5.41, 5.74) is 4.34. The largest absolute Gasteiger partial charge is 0.479 e. The summed E-state index contributed by atoms with van der Waals surface area (Å²) in [5.74, 6) is -2.93. The van der Waals surface area contributed by atoms with Crippen LogP contribution in [-0.4, -0.2) is 100 Å². The summed E-state index contributed by atoms with van der Waals surface area (Å²) < 4.78 is 0. The minimum atomic E-state index is -2.10. The number of pyridine rings is 1. The van der Waals surface area contributed by atoms with Crippen LogP contribution in [0.4, 0.5) is 0 Å². The maximum Gasteiger partial charge on any atom is 0.334 e. The molecule has 7 N–H and O–H groups in total. The molecule has 2 aliphatic heterocycles. The van der Waals surface area contributed by atoms with Crippen LogP contribution in [0.15, 0.2) is 48.7 Å². The summed E-state index contributed by atoms with van der Waals surface area (Å²) in [4.78, 5) is 60.5. The van der Waals surface area contributed by atoms with Crippen LogP contribution in [0.25, 0.3) is 0 Å². The van der Waals surface area contributed by atoms with Crippen LogP contribution < -0.4 is 21.7 Å². The number of carbonyl (C=O) groups is 4. The number of nitrogen functional groups attached to an aromatic ring is 1. The predicted octanol–water partition coefficient (Wildman–Crippen LogP) is -1.09. The van der Waals surface area contributed by atoms with Crippen LogP contribution in [0.1, 0.15) is 34.6 Å². The topological polar surface area (TPSA) is 194 Å². The van der Waals surface area contributed by atoms with E-state index in [0.29, 0.717) is 18.7 Å². The number of nitrogens with two attached hydrogens (primary N) is 1. The van der Waals surface area contributed by atoms with Gasteiger partial charge in [-0.15, -0.1) is 0 Å². The summed E-state index contributed by atoms with van der Waals surface area (Å²) >= 11 is 0. The monoisotopic (exact) mass is 536 g/mol. The normalized spacial score (nSPS) is 19.1. The average molecular weight is 537 g/mol. The third-order valence-corrected chi connectivity index (χ3v) is 7.17. The van der Waals surface area contributed by atoms with Gasteiger partial charge in [-0.3, -0.25) is 24.8 Å². The second-order valence-electron chi connectivity index (χ2n) is 9.46. The number of carboxylic acids is 1. The van der Waals surface area contributed by atoms with E-state index in [9.17, 15) is 24.3 Å². The number of aliphatic carboxylic acids is 1. The molecule has 39 heavy (non-hydrogen) atoms. The number of rotatable bonds is 9. The van der Waals surface area contributed by atoms with Crippen molar-refractivity contribution < 1.29 is 24.3 Å². The Bertz CT molecular complexity index is 1250. The molecule has 3 atom stereocenters. The Morgan fingerprint density at radius 2 is 1.69 bits per heavy atom. The van der Waals surface area contributed by atoms with Crippen molar-refractivity contribution in [3.63, 3.8) is 0 Å². The molecule has 0 spiro atoms. The molecule has 13 nitrogen and oxygen atoms in total. The molecule has 2 saturated heterocycles. The molecule has 0 bridgehead atoms. The van der Waals surface area contributed by atoms with Crippen LogP contribution in [-0.2, 0) is 14.4 Å². The Kier molecular flexibility index (Phi) is 8.21. The first-order valence-corrected chi connectivity index (χ1v) is 12.6. The average Bonchev–Trinajstić information content (AvgIpc) is 2.93. The number of carboxylic acid groups (broad SMARTS) is 1. The lowest BCUT2D eigenvalue weighted by molar-refractivity contribution is -0.172. The van der Waals surface area contributed by atoms with Gasteiger partial charge in [-0.2, -0.15) is 0 Å². The zero-order valence-corrected chi connectivity index (χ0v) is 21.5. The predicted molar refractivity (Wildman–Crippen MR) is 141 cm³/mol. The van der Waals surface area contributed by atoms with Gasteiger partial charge in [-0.05, 0) is 31.2 Å². The van der Waals surface area contributed by atoms with E-state index in [-0.39, 0.29) is 49.2 Å². The smallest absolute Gasteiger partial charge is 0.334 e. The van der Waals surface area contributed by atoms with Gasteiger partial charge in [0.2, 0.25) is 11.8 Å². The molecular formula is C26H32N8O5. The van der Waals surface area contributed by atoms with E-state index in [1.165, 1.54) is 47.2 Å². The van der Waals surface area contributed by atoms with Gasteiger partial charge in [0.1, 0.15) is 11.9 Å². The van der Waals surface area contributed by atoms with Gasteiger partial charge < -0.3 is 36.6 Å². The second-order valence-corrected chi connectivity index (χ2v) is 9.46. The van der Waals surface area contributed by atoms with Crippen molar-refractivity contribution in [3.8, 4) is 0 Å². The van der Waals surface area contributed by atoms with Crippen molar-refractivity contribution in [3.05, 3.63) is 65.5 Å². The lowest BCUT2D eigenvalue weighted by atomic mass is 9.77. The van der Waals surface area contributed by atoms with Crippen molar-refractivity contribution in [1.82, 2.24) is 30.7 Å². The molecule has 2 aliphatic rings. The van der Waals surface area contributed by atoms with E-state index < -0.39 is 35.4 Å². The molecule has 3 heterocycles. The molecule has 1 aromatic carbocycles. The highest BCUT2D eigenvalue weighted by molar-refractivity contribution is 5.99. The summed E-state index contributed by atoms with van der Waals surface area (Å²) in [6.45, 7) is 2.41. The van der Waals surface area contributed by atoms with Gasteiger partial charge in [0.15, 0.2) is 5.54 Å². The number of amides is 3. The standard InChI is InChI=1S/C26H32N8O5/c1-16(32-24(37)18-7-5-17(6-8-18)23(27)28)26(25(38)39,34-13-11-30-15-21(34)36)22(19-4-2-3-9-31-19)33-12-10-29-14-20(33)35/h2-9,16,22,29-30H,10-15H2,1H3,(H3,27,28)(H,32,37)(H,38,39). The first-order valence-electron chi connectivity index (χ1n) is 12.6. The highest BCUT2D eigenvalue weighted by Crippen LogP contribution is 2.40. The molecule has 0 aliphatic carbocycles. The van der Waals surface area contributed by atoms with Gasteiger partial charge >= 0.3 is 5.97 Å². The molecule has 0 saturated carbocycles. The maximum absolute atomic E-state index is 13.5. The van der Waals surface area contributed by atoms with E-state index >= 15 is 0 Å². The minimum Gasteiger partial charge on any atom is -0.479 e. The second kappa shape index (κ2) is 11.6. The number of piperazine rings is 2. The van der Waals surface area contributed by atoms with E-state index in [0.717, 1.165) is 0 Å². The molecule has 2 aromatic rings. The Morgan fingerprint density at radius 1 is 1.05 bits per heavy atom. The van der Waals surface area contributed by atoms with Crippen LogP contribution in [0.5, 0.6) is 0 Å². The zero-order chi connectivity index (χ0) is 28.2. The van der Waals surface area contributed by atoms with Gasteiger partial charge in [0.25, 0.3) is 5.91 Å². The van der Waals surface area contributed by atoms with E-state index in [4.69, 9.17) is 11.1 Å². The van der Waals surface area contributed by atoms with Crippen molar-refractivity contribution >= 4 is 29.5 Å². The summed E-state index contributed by atoms with van der Waals surface area (Å²) in [7, 11) is 0. The third kappa shape index (κ3) is 5.31. The Labute approximate surface area is 225 Å². The van der Waals surface area contributed by atoms with Crippen LogP contribution in [0.2, 0.25) is 0 Å². The fourth-order valence-electron chi connectivity index (χ4n) is 5.28. The van der Waals surface area contributed by atoms with Crippen molar-refractivity contribution in [2.75, 3.05) is 39.3 Å². The summed E-state index contributed by atoms with van der Waals surface area (Å²) in [6.07, 6.45) is 1.50.